The lowest BCUT2D eigenvalue weighted by atomic mass is 10.1. The molecule has 0 heterocycles. The van der Waals surface area contributed by atoms with E-state index in [9.17, 15) is 4.79 Å². The number of hydrogen-bond acceptors (Lipinski definition) is 4. The van der Waals surface area contributed by atoms with E-state index in [-0.39, 0.29) is 11.3 Å². The Hall–Kier alpha value is -1.75. The molecule has 0 spiro atoms. The SMILES string of the molecule is COCCN(C)c1ccc(N)c(C(=O)O)c1. The lowest BCUT2D eigenvalue weighted by Gasteiger charge is -2.19. The van der Waals surface area contributed by atoms with Gasteiger partial charge in [0, 0.05) is 32.1 Å². The first kappa shape index (κ1) is 12.3. The van der Waals surface area contributed by atoms with E-state index < -0.39 is 5.97 Å². The van der Waals surface area contributed by atoms with Crippen LogP contribution in [-0.2, 0) is 4.74 Å². The minimum atomic E-state index is -1.01. The minimum absolute atomic E-state index is 0.127. The third-order valence-electron chi connectivity index (χ3n) is 2.34. The summed E-state index contributed by atoms with van der Waals surface area (Å²) in [5, 5.41) is 8.92. The van der Waals surface area contributed by atoms with Gasteiger partial charge in [-0.05, 0) is 18.2 Å². The van der Waals surface area contributed by atoms with E-state index in [2.05, 4.69) is 0 Å². The first-order valence-electron chi connectivity index (χ1n) is 4.89. The number of hydrogen-bond donors (Lipinski definition) is 2. The summed E-state index contributed by atoms with van der Waals surface area (Å²) < 4.78 is 4.95. The quantitative estimate of drug-likeness (QED) is 0.731. The molecule has 0 saturated carbocycles. The predicted octanol–water partition coefficient (Wildman–Crippen LogP) is 1.05. The predicted molar refractivity (Wildman–Crippen MR) is 63.0 cm³/mol. The van der Waals surface area contributed by atoms with E-state index >= 15 is 0 Å². The molecule has 0 aliphatic carbocycles. The van der Waals surface area contributed by atoms with E-state index in [1.54, 1.807) is 25.3 Å². The minimum Gasteiger partial charge on any atom is -0.478 e. The third kappa shape index (κ3) is 2.87. The number of nitrogen functional groups attached to an aromatic ring is 1. The van der Waals surface area contributed by atoms with Gasteiger partial charge in [-0.25, -0.2) is 4.79 Å². The van der Waals surface area contributed by atoms with E-state index in [0.717, 1.165) is 5.69 Å². The van der Waals surface area contributed by atoms with Gasteiger partial charge in [0.15, 0.2) is 0 Å². The number of aromatic carboxylic acids is 1. The number of nitrogens with two attached hydrogens (primary N) is 1. The maximum absolute atomic E-state index is 10.9. The molecule has 5 nitrogen and oxygen atoms in total. The molecule has 0 atom stereocenters. The number of rotatable bonds is 5. The Kier molecular flexibility index (Phi) is 4.13. The molecule has 0 unspecified atom stereocenters. The van der Waals surface area contributed by atoms with Gasteiger partial charge < -0.3 is 20.5 Å². The highest BCUT2D eigenvalue weighted by atomic mass is 16.5. The van der Waals surface area contributed by atoms with Gasteiger partial charge >= 0.3 is 5.97 Å². The zero-order valence-electron chi connectivity index (χ0n) is 9.43. The molecule has 0 radical (unpaired) electrons. The number of benzene rings is 1. The van der Waals surface area contributed by atoms with Crippen LogP contribution in [0.2, 0.25) is 0 Å². The summed E-state index contributed by atoms with van der Waals surface area (Å²) in [6.45, 7) is 1.28. The van der Waals surface area contributed by atoms with Crippen molar-refractivity contribution >= 4 is 17.3 Å². The van der Waals surface area contributed by atoms with Crippen LogP contribution in [0.3, 0.4) is 0 Å². The molecule has 1 aromatic rings. The number of nitrogens with zero attached hydrogens (tertiary/aromatic N) is 1. The van der Waals surface area contributed by atoms with Gasteiger partial charge in [0.25, 0.3) is 0 Å². The Bertz CT molecular complexity index is 379. The number of carbonyl (C=O) groups is 1. The Morgan fingerprint density at radius 2 is 2.25 bits per heavy atom. The van der Waals surface area contributed by atoms with Gasteiger partial charge in [-0.15, -0.1) is 0 Å². The molecule has 1 rings (SSSR count). The molecule has 0 saturated heterocycles. The first-order valence-corrected chi connectivity index (χ1v) is 4.89. The van der Waals surface area contributed by atoms with E-state index in [1.807, 2.05) is 11.9 Å². The van der Waals surface area contributed by atoms with Crippen molar-refractivity contribution < 1.29 is 14.6 Å². The first-order chi connectivity index (χ1) is 7.56. The van der Waals surface area contributed by atoms with Gasteiger partial charge in [-0.3, -0.25) is 0 Å². The largest absolute Gasteiger partial charge is 0.478 e. The normalized spacial score (nSPS) is 10.1. The van der Waals surface area contributed by atoms with Crippen molar-refractivity contribution in [1.29, 1.82) is 0 Å². The molecule has 0 aliphatic heterocycles. The van der Waals surface area contributed by atoms with Crippen molar-refractivity contribution in [3.8, 4) is 0 Å². The number of carboxylic acids is 1. The monoisotopic (exact) mass is 224 g/mol. The maximum Gasteiger partial charge on any atom is 0.337 e. The molecule has 3 N–H and O–H groups in total. The van der Waals surface area contributed by atoms with Crippen molar-refractivity contribution in [2.24, 2.45) is 0 Å². The smallest absolute Gasteiger partial charge is 0.337 e. The topological polar surface area (TPSA) is 75.8 Å². The summed E-state index contributed by atoms with van der Waals surface area (Å²) in [7, 11) is 3.50. The fourth-order valence-corrected chi connectivity index (χ4v) is 1.32. The van der Waals surface area contributed by atoms with Crippen LogP contribution in [0.25, 0.3) is 0 Å². The Morgan fingerprint density at radius 1 is 1.56 bits per heavy atom. The summed E-state index contributed by atoms with van der Waals surface area (Å²) in [6.07, 6.45) is 0. The molecule has 16 heavy (non-hydrogen) atoms. The average molecular weight is 224 g/mol. The van der Waals surface area contributed by atoms with Crippen LogP contribution < -0.4 is 10.6 Å². The molecule has 0 aliphatic rings. The fourth-order valence-electron chi connectivity index (χ4n) is 1.32. The fraction of sp³-hybridized carbons (Fsp3) is 0.364. The van der Waals surface area contributed by atoms with Crippen LogP contribution in [0.15, 0.2) is 18.2 Å². The zero-order valence-corrected chi connectivity index (χ0v) is 9.43. The number of anilines is 2. The lowest BCUT2D eigenvalue weighted by molar-refractivity contribution is 0.0698. The van der Waals surface area contributed by atoms with Gasteiger partial charge in [-0.2, -0.15) is 0 Å². The second-order valence-corrected chi connectivity index (χ2v) is 3.49. The standard InChI is InChI=1S/C11H16N2O3/c1-13(5-6-16-2)8-3-4-10(12)9(7-8)11(14)15/h3-4,7H,5-6,12H2,1-2H3,(H,14,15). The van der Waals surface area contributed by atoms with Gasteiger partial charge in [0.2, 0.25) is 0 Å². The van der Waals surface area contributed by atoms with Crippen LogP contribution in [0, 0.1) is 0 Å². The highest BCUT2D eigenvalue weighted by molar-refractivity contribution is 5.94. The van der Waals surface area contributed by atoms with Crippen LogP contribution in [-0.4, -0.2) is 38.4 Å². The summed E-state index contributed by atoms with van der Waals surface area (Å²) >= 11 is 0. The molecular weight excluding hydrogens is 208 g/mol. The van der Waals surface area contributed by atoms with E-state index in [4.69, 9.17) is 15.6 Å². The van der Waals surface area contributed by atoms with Crippen molar-refractivity contribution in [2.75, 3.05) is 37.9 Å². The molecule has 0 fully saturated rings. The zero-order chi connectivity index (χ0) is 12.1. The Morgan fingerprint density at radius 3 is 2.81 bits per heavy atom. The van der Waals surface area contributed by atoms with E-state index in [1.165, 1.54) is 0 Å². The van der Waals surface area contributed by atoms with Gasteiger partial charge in [0.1, 0.15) is 0 Å². The third-order valence-corrected chi connectivity index (χ3v) is 2.34. The van der Waals surface area contributed by atoms with Crippen LogP contribution in [0.4, 0.5) is 11.4 Å². The summed E-state index contributed by atoms with van der Waals surface area (Å²) in [4.78, 5) is 12.8. The maximum atomic E-state index is 10.9. The van der Waals surface area contributed by atoms with Crippen molar-refractivity contribution in [1.82, 2.24) is 0 Å². The second kappa shape index (κ2) is 5.37. The molecule has 1 aromatic carbocycles. The highest BCUT2D eigenvalue weighted by Gasteiger charge is 2.10. The van der Waals surface area contributed by atoms with Crippen LogP contribution >= 0.6 is 0 Å². The van der Waals surface area contributed by atoms with Crippen LogP contribution in [0.1, 0.15) is 10.4 Å². The van der Waals surface area contributed by atoms with Crippen molar-refractivity contribution in [3.63, 3.8) is 0 Å². The number of likely N-dealkylation sites (N-methyl/N-ethyl adjacent to an activating group) is 1. The van der Waals surface area contributed by atoms with Gasteiger partial charge in [0.05, 0.1) is 12.2 Å². The highest BCUT2D eigenvalue weighted by Crippen LogP contribution is 2.20. The molecule has 5 heteroatoms. The van der Waals surface area contributed by atoms with Gasteiger partial charge in [-0.1, -0.05) is 0 Å². The number of methoxy groups -OCH3 is 1. The molecular formula is C11H16N2O3. The summed E-state index contributed by atoms with van der Waals surface area (Å²) in [6, 6.07) is 4.95. The summed E-state index contributed by atoms with van der Waals surface area (Å²) in [5.41, 5.74) is 6.78. The Balaban J connectivity index is 2.89. The molecule has 0 aromatic heterocycles. The van der Waals surface area contributed by atoms with Crippen LogP contribution in [0.5, 0.6) is 0 Å². The lowest BCUT2D eigenvalue weighted by Crippen LogP contribution is -2.22. The van der Waals surface area contributed by atoms with Crippen molar-refractivity contribution in [2.45, 2.75) is 0 Å². The van der Waals surface area contributed by atoms with E-state index in [0.29, 0.717) is 13.2 Å². The molecule has 0 bridgehead atoms. The molecule has 0 amide bonds. The number of carboxylic acid groups (broad SMARTS) is 1. The second-order valence-electron chi connectivity index (χ2n) is 3.49. The van der Waals surface area contributed by atoms with Crippen molar-refractivity contribution in [3.05, 3.63) is 23.8 Å². The summed E-state index contributed by atoms with van der Waals surface area (Å²) in [5.74, 6) is -1.01. The Labute approximate surface area is 94.4 Å². The average Bonchev–Trinajstić information content (AvgIpc) is 2.26. The molecule has 88 valence electrons. The number of ether oxygens (including phenoxy) is 1.